The van der Waals surface area contributed by atoms with Gasteiger partial charge >= 0.3 is 0 Å². The van der Waals surface area contributed by atoms with Gasteiger partial charge in [0, 0.05) is 5.56 Å². The maximum absolute atomic E-state index is 13.7. The van der Waals surface area contributed by atoms with Crippen LogP contribution in [0.15, 0.2) is 29.2 Å². The van der Waals surface area contributed by atoms with Crippen LogP contribution in [0.4, 0.5) is 4.39 Å². The van der Waals surface area contributed by atoms with E-state index in [0.717, 1.165) is 13.1 Å². The van der Waals surface area contributed by atoms with Crippen LogP contribution in [0, 0.1) is 5.82 Å². The Bertz CT molecular complexity index is 626. The highest BCUT2D eigenvalue weighted by molar-refractivity contribution is 8.26. The average molecular weight is 336 g/mol. The Morgan fingerprint density at radius 1 is 1.23 bits per heavy atom. The van der Waals surface area contributed by atoms with Gasteiger partial charge in [-0.15, -0.1) is 0 Å². The quantitative estimate of drug-likeness (QED) is 0.623. The predicted molar refractivity (Wildman–Crippen MR) is 91.7 cm³/mol. The van der Waals surface area contributed by atoms with Gasteiger partial charge in [0.2, 0.25) is 0 Å². The maximum Gasteiger partial charge on any atom is 0.267 e. The van der Waals surface area contributed by atoms with E-state index in [-0.39, 0.29) is 11.7 Å². The molecular weight excluding hydrogens is 319 g/mol. The summed E-state index contributed by atoms with van der Waals surface area (Å²) in [7, 11) is 0. The van der Waals surface area contributed by atoms with Gasteiger partial charge in [0.25, 0.3) is 5.91 Å². The first-order valence-electron chi connectivity index (χ1n) is 7.37. The fourth-order valence-corrected chi connectivity index (χ4v) is 3.89. The summed E-state index contributed by atoms with van der Waals surface area (Å²) in [5, 5.41) is 0. The number of hydrogen-bond donors (Lipinski definition) is 0. The molecule has 2 fully saturated rings. The lowest BCUT2D eigenvalue weighted by Crippen LogP contribution is -2.42. The fourth-order valence-electron chi connectivity index (χ4n) is 2.66. The zero-order valence-electron chi connectivity index (χ0n) is 12.1. The second-order valence-corrected chi connectivity index (χ2v) is 7.13. The summed E-state index contributed by atoms with van der Waals surface area (Å²) in [6, 6.07) is 6.43. The molecule has 0 saturated carbocycles. The molecule has 2 heterocycles. The number of benzene rings is 1. The Balaban J connectivity index is 1.75. The summed E-state index contributed by atoms with van der Waals surface area (Å²) in [4.78, 5) is 16.9. The van der Waals surface area contributed by atoms with Gasteiger partial charge in [-0.1, -0.05) is 48.6 Å². The van der Waals surface area contributed by atoms with Crippen LogP contribution < -0.4 is 0 Å². The predicted octanol–water partition coefficient (Wildman–Crippen LogP) is 3.47. The highest BCUT2D eigenvalue weighted by Crippen LogP contribution is 2.33. The molecule has 22 heavy (non-hydrogen) atoms. The van der Waals surface area contributed by atoms with Crippen LogP contribution in [0.5, 0.6) is 0 Å². The van der Waals surface area contributed by atoms with E-state index in [1.165, 1.54) is 37.1 Å². The van der Waals surface area contributed by atoms with E-state index in [4.69, 9.17) is 12.2 Å². The van der Waals surface area contributed by atoms with Gasteiger partial charge < -0.3 is 0 Å². The van der Waals surface area contributed by atoms with Crippen LogP contribution in [0.2, 0.25) is 0 Å². The largest absolute Gasteiger partial charge is 0.286 e. The van der Waals surface area contributed by atoms with Crippen LogP contribution in [0.3, 0.4) is 0 Å². The topological polar surface area (TPSA) is 23.6 Å². The van der Waals surface area contributed by atoms with Gasteiger partial charge in [0.15, 0.2) is 0 Å². The molecule has 2 aliphatic heterocycles. The number of thiocarbonyl (C=S) groups is 1. The minimum absolute atomic E-state index is 0.121. The highest BCUT2D eigenvalue weighted by atomic mass is 32.2. The summed E-state index contributed by atoms with van der Waals surface area (Å²) in [6.07, 6.45) is 5.17. The first-order chi connectivity index (χ1) is 10.6. The molecule has 1 aromatic rings. The van der Waals surface area contributed by atoms with Gasteiger partial charge in [-0.05, 0) is 38.1 Å². The average Bonchev–Trinajstić information content (AvgIpc) is 2.78. The SMILES string of the molecule is O=C1C(=Cc2ccccc2F)SC(=S)N1CN1CCCCC1. The Hall–Kier alpha value is -1.24. The minimum Gasteiger partial charge on any atom is -0.286 e. The van der Waals surface area contributed by atoms with Crippen molar-refractivity contribution in [2.45, 2.75) is 19.3 Å². The monoisotopic (exact) mass is 336 g/mol. The van der Waals surface area contributed by atoms with Crippen molar-refractivity contribution in [3.8, 4) is 0 Å². The standard InChI is InChI=1S/C16H17FN2OS2/c17-13-7-3-2-6-12(13)10-14-15(20)19(16(21)22-14)11-18-8-4-1-5-9-18/h2-3,6-7,10H,1,4-5,8-9,11H2. The number of halogens is 1. The second kappa shape index (κ2) is 6.89. The van der Waals surface area contributed by atoms with Crippen molar-refractivity contribution in [3.05, 3.63) is 40.6 Å². The number of carbonyl (C=O) groups is 1. The number of thioether (sulfide) groups is 1. The molecule has 3 rings (SSSR count). The van der Waals surface area contributed by atoms with E-state index in [0.29, 0.717) is 21.5 Å². The van der Waals surface area contributed by atoms with Crippen molar-refractivity contribution >= 4 is 40.3 Å². The van der Waals surface area contributed by atoms with E-state index in [1.807, 2.05) is 0 Å². The molecule has 0 aliphatic carbocycles. The van der Waals surface area contributed by atoms with E-state index < -0.39 is 0 Å². The van der Waals surface area contributed by atoms with Crippen LogP contribution in [0.1, 0.15) is 24.8 Å². The van der Waals surface area contributed by atoms with Gasteiger partial charge in [-0.25, -0.2) is 4.39 Å². The third-order valence-corrected chi connectivity index (χ3v) is 5.23. The van der Waals surface area contributed by atoms with E-state index in [2.05, 4.69) is 4.90 Å². The smallest absolute Gasteiger partial charge is 0.267 e. The normalized spacial score (nSPS) is 21.9. The molecule has 3 nitrogen and oxygen atoms in total. The van der Waals surface area contributed by atoms with Gasteiger partial charge in [0.1, 0.15) is 10.1 Å². The number of rotatable bonds is 3. The van der Waals surface area contributed by atoms with Crippen molar-refractivity contribution in [3.63, 3.8) is 0 Å². The van der Waals surface area contributed by atoms with Gasteiger partial charge in [-0.2, -0.15) is 0 Å². The zero-order chi connectivity index (χ0) is 15.5. The molecule has 116 valence electrons. The van der Waals surface area contributed by atoms with Crippen LogP contribution in [0.25, 0.3) is 6.08 Å². The van der Waals surface area contributed by atoms with Gasteiger partial charge in [0.05, 0.1) is 11.6 Å². The second-order valence-electron chi connectivity index (χ2n) is 5.45. The molecule has 0 atom stereocenters. The number of hydrogen-bond acceptors (Lipinski definition) is 4. The Kier molecular flexibility index (Phi) is 4.90. The van der Waals surface area contributed by atoms with E-state index >= 15 is 0 Å². The molecule has 2 saturated heterocycles. The summed E-state index contributed by atoms with van der Waals surface area (Å²) in [6.45, 7) is 2.55. The molecule has 6 heteroatoms. The van der Waals surface area contributed by atoms with Crippen molar-refractivity contribution in [1.29, 1.82) is 0 Å². The first kappa shape index (κ1) is 15.6. The van der Waals surface area contributed by atoms with Crippen LogP contribution in [-0.2, 0) is 4.79 Å². The van der Waals surface area contributed by atoms with E-state index in [9.17, 15) is 9.18 Å². The summed E-state index contributed by atoms with van der Waals surface area (Å²) in [5.41, 5.74) is 0.418. The Labute approximate surface area is 139 Å². The lowest BCUT2D eigenvalue weighted by Gasteiger charge is -2.29. The number of carbonyl (C=O) groups excluding carboxylic acids is 1. The number of piperidine rings is 1. The Morgan fingerprint density at radius 3 is 2.68 bits per heavy atom. The molecule has 0 aromatic heterocycles. The molecule has 0 spiro atoms. The van der Waals surface area contributed by atoms with Crippen LogP contribution >= 0.6 is 24.0 Å². The molecule has 0 N–H and O–H groups in total. The summed E-state index contributed by atoms with van der Waals surface area (Å²) in [5.74, 6) is -0.451. The zero-order valence-corrected chi connectivity index (χ0v) is 13.8. The van der Waals surface area contributed by atoms with Crippen molar-refractivity contribution in [2.24, 2.45) is 0 Å². The number of nitrogens with zero attached hydrogens (tertiary/aromatic N) is 2. The molecule has 0 unspecified atom stereocenters. The number of amides is 1. The lowest BCUT2D eigenvalue weighted by molar-refractivity contribution is -0.123. The molecule has 1 aromatic carbocycles. The fraction of sp³-hybridized carbons (Fsp3) is 0.375. The minimum atomic E-state index is -0.330. The highest BCUT2D eigenvalue weighted by Gasteiger charge is 2.33. The molecular formula is C16H17FN2OS2. The molecule has 2 aliphatic rings. The van der Waals surface area contributed by atoms with E-state index in [1.54, 1.807) is 29.2 Å². The lowest BCUT2D eigenvalue weighted by atomic mass is 10.1. The number of likely N-dealkylation sites (tertiary alicyclic amines) is 1. The molecule has 1 amide bonds. The Morgan fingerprint density at radius 2 is 1.95 bits per heavy atom. The first-order valence-corrected chi connectivity index (χ1v) is 8.60. The molecule has 0 radical (unpaired) electrons. The van der Waals surface area contributed by atoms with Crippen LogP contribution in [-0.4, -0.2) is 39.8 Å². The maximum atomic E-state index is 13.7. The van der Waals surface area contributed by atoms with Crippen molar-refractivity contribution in [2.75, 3.05) is 19.8 Å². The summed E-state index contributed by atoms with van der Waals surface area (Å²) < 4.78 is 14.3. The van der Waals surface area contributed by atoms with Gasteiger partial charge in [-0.3, -0.25) is 14.6 Å². The third-order valence-electron chi connectivity index (χ3n) is 3.86. The van der Waals surface area contributed by atoms with Crippen molar-refractivity contribution in [1.82, 2.24) is 9.80 Å². The molecule has 0 bridgehead atoms. The summed E-state index contributed by atoms with van der Waals surface area (Å²) >= 11 is 6.57. The van der Waals surface area contributed by atoms with Crippen molar-refractivity contribution < 1.29 is 9.18 Å². The third kappa shape index (κ3) is 3.39.